The first kappa shape index (κ1) is 15.9. The number of thiazole rings is 1. The van der Waals surface area contributed by atoms with Crippen LogP contribution < -0.4 is 5.32 Å². The Morgan fingerprint density at radius 2 is 2.08 bits per heavy atom. The average Bonchev–Trinajstić information content (AvgIpc) is 3.38. The summed E-state index contributed by atoms with van der Waals surface area (Å²) in [5.74, 6) is -0.137. The van der Waals surface area contributed by atoms with E-state index in [1.165, 1.54) is 11.3 Å². The summed E-state index contributed by atoms with van der Waals surface area (Å²) in [7, 11) is 0. The van der Waals surface area contributed by atoms with Crippen LogP contribution in [0.5, 0.6) is 0 Å². The predicted octanol–water partition coefficient (Wildman–Crippen LogP) is 3.44. The van der Waals surface area contributed by atoms with Gasteiger partial charge >= 0.3 is 0 Å². The molecule has 0 atom stereocenters. The Labute approximate surface area is 152 Å². The largest absolute Gasteiger partial charge is 0.351 e. The topological polar surface area (TPSA) is 72.7 Å². The van der Waals surface area contributed by atoms with E-state index in [2.05, 4.69) is 20.6 Å². The highest BCUT2D eigenvalue weighted by molar-refractivity contribution is 7.20. The Hall–Kier alpha value is -2.58. The standard InChI is InChI=1S/C17H15N5OS2/c23-16(13-11-25-17(19-13)15-7-3-10-24-15)18-8-4-9-22-14-6-2-1-5-12(14)20-21-22/h1-3,5-7,10-11H,4,8-9H2,(H,18,23). The van der Waals surface area contributed by atoms with Gasteiger partial charge in [-0.1, -0.05) is 23.4 Å². The van der Waals surface area contributed by atoms with Gasteiger partial charge in [-0.25, -0.2) is 9.67 Å². The number of fused-ring (bicyclic) bond motifs is 1. The minimum atomic E-state index is -0.137. The molecule has 0 radical (unpaired) electrons. The van der Waals surface area contributed by atoms with E-state index in [-0.39, 0.29) is 5.91 Å². The van der Waals surface area contributed by atoms with Crippen molar-refractivity contribution in [3.05, 3.63) is 52.9 Å². The number of aryl methyl sites for hydroxylation is 1. The molecule has 0 aliphatic rings. The fourth-order valence-electron chi connectivity index (χ4n) is 2.50. The fourth-order valence-corrected chi connectivity index (χ4v) is 4.11. The molecule has 0 saturated carbocycles. The maximum Gasteiger partial charge on any atom is 0.270 e. The first-order chi connectivity index (χ1) is 12.3. The van der Waals surface area contributed by atoms with Gasteiger partial charge in [-0.3, -0.25) is 4.79 Å². The van der Waals surface area contributed by atoms with Crippen molar-refractivity contribution in [3.8, 4) is 9.88 Å². The number of nitrogens with zero attached hydrogens (tertiary/aromatic N) is 4. The summed E-state index contributed by atoms with van der Waals surface area (Å²) in [6.45, 7) is 1.27. The zero-order valence-electron chi connectivity index (χ0n) is 13.3. The molecule has 126 valence electrons. The molecule has 3 aromatic heterocycles. The molecule has 0 aliphatic heterocycles. The summed E-state index contributed by atoms with van der Waals surface area (Å²) in [4.78, 5) is 17.7. The van der Waals surface area contributed by atoms with E-state index in [0.29, 0.717) is 18.8 Å². The number of benzene rings is 1. The molecule has 0 bridgehead atoms. The number of aromatic nitrogens is 4. The van der Waals surface area contributed by atoms with Crippen LogP contribution in [0.2, 0.25) is 0 Å². The highest BCUT2D eigenvalue weighted by atomic mass is 32.1. The number of hydrogen-bond donors (Lipinski definition) is 1. The first-order valence-electron chi connectivity index (χ1n) is 7.87. The van der Waals surface area contributed by atoms with E-state index in [0.717, 1.165) is 27.3 Å². The molecule has 0 spiro atoms. The number of thiophene rings is 1. The van der Waals surface area contributed by atoms with Crippen molar-refractivity contribution < 1.29 is 4.79 Å². The monoisotopic (exact) mass is 369 g/mol. The maximum atomic E-state index is 12.2. The number of rotatable bonds is 6. The summed E-state index contributed by atoms with van der Waals surface area (Å²) >= 11 is 3.11. The lowest BCUT2D eigenvalue weighted by atomic mass is 10.3. The van der Waals surface area contributed by atoms with Gasteiger partial charge in [0.1, 0.15) is 16.2 Å². The van der Waals surface area contributed by atoms with Crippen LogP contribution in [0.3, 0.4) is 0 Å². The lowest BCUT2D eigenvalue weighted by Crippen LogP contribution is -2.25. The van der Waals surface area contributed by atoms with Gasteiger partial charge in [0.2, 0.25) is 0 Å². The molecule has 0 aliphatic carbocycles. The van der Waals surface area contributed by atoms with E-state index in [1.54, 1.807) is 16.7 Å². The molecular formula is C17H15N5OS2. The van der Waals surface area contributed by atoms with Gasteiger partial charge in [0.15, 0.2) is 0 Å². The molecule has 1 N–H and O–H groups in total. The van der Waals surface area contributed by atoms with Gasteiger partial charge in [0.25, 0.3) is 5.91 Å². The van der Waals surface area contributed by atoms with E-state index in [4.69, 9.17) is 0 Å². The molecule has 6 nitrogen and oxygen atoms in total. The minimum Gasteiger partial charge on any atom is -0.351 e. The molecule has 1 amide bonds. The summed E-state index contributed by atoms with van der Waals surface area (Å²) in [5.41, 5.74) is 2.36. The Kier molecular flexibility index (Phi) is 4.53. The normalized spacial score (nSPS) is 11.0. The van der Waals surface area contributed by atoms with Crippen LogP contribution in [0.1, 0.15) is 16.9 Å². The summed E-state index contributed by atoms with van der Waals surface area (Å²) in [5, 5.41) is 15.9. The van der Waals surface area contributed by atoms with Crippen LogP contribution in [0.25, 0.3) is 20.9 Å². The molecule has 0 saturated heterocycles. The van der Waals surface area contributed by atoms with Crippen LogP contribution in [-0.4, -0.2) is 32.4 Å². The third kappa shape index (κ3) is 3.45. The third-order valence-electron chi connectivity index (χ3n) is 3.72. The molecule has 8 heteroatoms. The second-order valence-corrected chi connectivity index (χ2v) is 7.23. The first-order valence-corrected chi connectivity index (χ1v) is 9.63. The van der Waals surface area contributed by atoms with E-state index in [1.807, 2.05) is 46.5 Å². The van der Waals surface area contributed by atoms with Gasteiger partial charge in [0.05, 0.1) is 10.4 Å². The Morgan fingerprint density at radius 1 is 1.16 bits per heavy atom. The zero-order valence-corrected chi connectivity index (χ0v) is 14.9. The van der Waals surface area contributed by atoms with E-state index in [9.17, 15) is 4.79 Å². The molecular weight excluding hydrogens is 354 g/mol. The smallest absolute Gasteiger partial charge is 0.270 e. The van der Waals surface area contributed by atoms with Gasteiger partial charge < -0.3 is 5.32 Å². The molecule has 0 fully saturated rings. The van der Waals surface area contributed by atoms with Crippen LogP contribution in [0.4, 0.5) is 0 Å². The number of para-hydroxylation sites is 1. The predicted molar refractivity (Wildman–Crippen MR) is 99.9 cm³/mol. The summed E-state index contributed by atoms with van der Waals surface area (Å²) < 4.78 is 1.86. The lowest BCUT2D eigenvalue weighted by Gasteiger charge is -2.04. The van der Waals surface area contributed by atoms with E-state index >= 15 is 0 Å². The lowest BCUT2D eigenvalue weighted by molar-refractivity contribution is 0.0948. The fraction of sp³-hybridized carbons (Fsp3) is 0.176. The van der Waals surface area contributed by atoms with Crippen LogP contribution in [0.15, 0.2) is 47.2 Å². The van der Waals surface area contributed by atoms with Crippen LogP contribution in [-0.2, 0) is 6.54 Å². The van der Waals surface area contributed by atoms with Crippen molar-refractivity contribution in [3.63, 3.8) is 0 Å². The SMILES string of the molecule is O=C(NCCCn1nnc2ccccc21)c1csc(-c2cccs2)n1. The number of carbonyl (C=O) groups excluding carboxylic acids is 1. The molecule has 0 unspecified atom stereocenters. The van der Waals surface area contributed by atoms with Crippen molar-refractivity contribution in [2.45, 2.75) is 13.0 Å². The highest BCUT2D eigenvalue weighted by Gasteiger charge is 2.12. The number of carbonyl (C=O) groups is 1. The molecule has 3 heterocycles. The zero-order chi connectivity index (χ0) is 17.1. The average molecular weight is 369 g/mol. The van der Waals surface area contributed by atoms with Crippen molar-refractivity contribution in [1.82, 2.24) is 25.3 Å². The second kappa shape index (κ2) is 7.12. The Balaban J connectivity index is 1.30. The maximum absolute atomic E-state index is 12.2. The Bertz CT molecular complexity index is 989. The number of hydrogen-bond acceptors (Lipinski definition) is 6. The summed E-state index contributed by atoms with van der Waals surface area (Å²) in [6, 6.07) is 11.8. The van der Waals surface area contributed by atoms with Crippen molar-refractivity contribution in [2.75, 3.05) is 6.54 Å². The van der Waals surface area contributed by atoms with Crippen molar-refractivity contribution >= 4 is 39.6 Å². The Morgan fingerprint density at radius 3 is 2.96 bits per heavy atom. The van der Waals surface area contributed by atoms with Crippen molar-refractivity contribution in [1.29, 1.82) is 0 Å². The summed E-state index contributed by atoms with van der Waals surface area (Å²) in [6.07, 6.45) is 0.779. The van der Waals surface area contributed by atoms with E-state index < -0.39 is 0 Å². The van der Waals surface area contributed by atoms with Gasteiger partial charge in [0, 0.05) is 18.5 Å². The molecule has 4 aromatic rings. The van der Waals surface area contributed by atoms with Crippen molar-refractivity contribution in [2.24, 2.45) is 0 Å². The van der Waals surface area contributed by atoms with Crippen LogP contribution in [0, 0.1) is 0 Å². The van der Waals surface area contributed by atoms with Gasteiger partial charge in [-0.05, 0) is 30.0 Å². The highest BCUT2D eigenvalue weighted by Crippen LogP contribution is 2.27. The van der Waals surface area contributed by atoms with Gasteiger partial charge in [-0.15, -0.1) is 27.8 Å². The quantitative estimate of drug-likeness (QED) is 0.529. The second-order valence-electron chi connectivity index (χ2n) is 5.43. The van der Waals surface area contributed by atoms with Crippen LogP contribution >= 0.6 is 22.7 Å². The third-order valence-corrected chi connectivity index (χ3v) is 5.60. The molecule has 1 aromatic carbocycles. The van der Waals surface area contributed by atoms with Gasteiger partial charge in [-0.2, -0.15) is 0 Å². The molecule has 4 rings (SSSR count). The molecule has 25 heavy (non-hydrogen) atoms. The number of amides is 1. The number of nitrogens with one attached hydrogen (secondary N) is 1. The minimum absolute atomic E-state index is 0.137.